The van der Waals surface area contributed by atoms with E-state index in [0.717, 1.165) is 17.0 Å². The predicted molar refractivity (Wildman–Crippen MR) is 81.0 cm³/mol. The monoisotopic (exact) mass is 350 g/mol. The molecule has 0 aliphatic carbocycles. The summed E-state index contributed by atoms with van der Waals surface area (Å²) in [5.74, 6) is -4.19. The van der Waals surface area contributed by atoms with E-state index < -0.39 is 17.5 Å². The van der Waals surface area contributed by atoms with E-state index in [-0.39, 0.29) is 49.1 Å². The number of hydrogen-bond acceptors (Lipinski definition) is 4. The number of benzene rings is 1. The third-order valence-corrected chi connectivity index (χ3v) is 3.75. The molecule has 0 atom stereocenters. The smallest absolute Gasteiger partial charge is 0.229 e. The number of rotatable bonds is 5. The number of likely N-dealkylation sites (tertiary alicyclic amines) is 1. The lowest BCUT2D eigenvalue weighted by molar-refractivity contribution is -0.138. The summed E-state index contributed by atoms with van der Waals surface area (Å²) in [5.41, 5.74) is 0.339. The highest BCUT2D eigenvalue weighted by atomic mass is 19.2. The van der Waals surface area contributed by atoms with Crippen LogP contribution in [0.5, 0.6) is 5.75 Å². The highest BCUT2D eigenvalue weighted by Crippen LogP contribution is 2.23. The molecular formula is C17H13F3N2O3. The molecule has 130 valence electrons. The molecule has 0 bridgehead atoms. The Bertz CT molecular complexity index is 785. The summed E-state index contributed by atoms with van der Waals surface area (Å²) in [5, 5.41) is 0. The van der Waals surface area contributed by atoms with Gasteiger partial charge in [0.1, 0.15) is 12.4 Å². The van der Waals surface area contributed by atoms with Crippen molar-refractivity contribution in [2.75, 3.05) is 13.2 Å². The fraction of sp³-hybridized carbons (Fsp3) is 0.235. The van der Waals surface area contributed by atoms with Gasteiger partial charge >= 0.3 is 0 Å². The highest BCUT2D eigenvalue weighted by Gasteiger charge is 2.28. The Morgan fingerprint density at radius 2 is 1.68 bits per heavy atom. The van der Waals surface area contributed by atoms with Crippen LogP contribution in [0.4, 0.5) is 13.2 Å². The molecule has 1 aliphatic rings. The number of carbonyl (C=O) groups is 2. The van der Waals surface area contributed by atoms with Crippen molar-refractivity contribution in [3.63, 3.8) is 0 Å². The van der Waals surface area contributed by atoms with Crippen LogP contribution in [-0.4, -0.2) is 34.8 Å². The van der Waals surface area contributed by atoms with E-state index in [1.54, 1.807) is 0 Å². The lowest BCUT2D eigenvalue weighted by Crippen LogP contribution is -2.33. The summed E-state index contributed by atoms with van der Waals surface area (Å²) in [6.07, 6.45) is 1.78. The first-order valence-electron chi connectivity index (χ1n) is 7.52. The van der Waals surface area contributed by atoms with Gasteiger partial charge in [0.05, 0.1) is 18.4 Å². The van der Waals surface area contributed by atoms with Crippen LogP contribution >= 0.6 is 0 Å². The second kappa shape index (κ2) is 6.92. The van der Waals surface area contributed by atoms with Gasteiger partial charge < -0.3 is 4.74 Å². The van der Waals surface area contributed by atoms with Crippen molar-refractivity contribution < 1.29 is 27.5 Å². The normalized spacial score (nSPS) is 14.3. The van der Waals surface area contributed by atoms with Gasteiger partial charge in [-0.3, -0.25) is 19.5 Å². The Morgan fingerprint density at radius 3 is 2.24 bits per heavy atom. The number of imide groups is 1. The van der Waals surface area contributed by atoms with Gasteiger partial charge in [-0.05, 0) is 24.3 Å². The maximum Gasteiger partial charge on any atom is 0.229 e. The van der Waals surface area contributed by atoms with Gasteiger partial charge in [-0.15, -0.1) is 0 Å². The zero-order valence-corrected chi connectivity index (χ0v) is 13.0. The third-order valence-electron chi connectivity index (χ3n) is 3.75. The van der Waals surface area contributed by atoms with Gasteiger partial charge in [-0.2, -0.15) is 0 Å². The minimum Gasteiger partial charge on any atom is -0.490 e. The van der Waals surface area contributed by atoms with Crippen LogP contribution in [0.15, 0.2) is 30.5 Å². The van der Waals surface area contributed by atoms with Crippen LogP contribution in [-0.2, 0) is 9.59 Å². The molecule has 25 heavy (non-hydrogen) atoms. The molecule has 0 unspecified atom stereocenters. The summed E-state index contributed by atoms with van der Waals surface area (Å²) in [6, 6.07) is 4.69. The Morgan fingerprint density at radius 1 is 1.04 bits per heavy atom. The minimum absolute atomic E-state index is 0.0937. The van der Waals surface area contributed by atoms with E-state index >= 15 is 0 Å². The Labute approximate surface area is 141 Å². The second-order valence-corrected chi connectivity index (χ2v) is 5.42. The quantitative estimate of drug-likeness (QED) is 0.615. The number of pyridine rings is 1. The number of carbonyl (C=O) groups excluding carboxylic acids is 2. The van der Waals surface area contributed by atoms with E-state index in [4.69, 9.17) is 4.74 Å². The van der Waals surface area contributed by atoms with Crippen LogP contribution < -0.4 is 4.74 Å². The Kier molecular flexibility index (Phi) is 4.69. The van der Waals surface area contributed by atoms with Crippen LogP contribution in [0.2, 0.25) is 0 Å². The Balaban J connectivity index is 1.63. The average Bonchev–Trinajstić information content (AvgIpc) is 2.92. The number of ether oxygens (including phenoxy) is 1. The summed E-state index contributed by atoms with van der Waals surface area (Å²) in [6.45, 7) is 0.256. The fourth-order valence-corrected chi connectivity index (χ4v) is 2.47. The lowest BCUT2D eigenvalue weighted by Gasteiger charge is -2.14. The first kappa shape index (κ1) is 16.9. The Hall–Kier alpha value is -2.90. The van der Waals surface area contributed by atoms with Gasteiger partial charge in [0.25, 0.3) is 0 Å². The maximum absolute atomic E-state index is 13.3. The average molecular weight is 350 g/mol. The van der Waals surface area contributed by atoms with Crippen molar-refractivity contribution >= 4 is 11.8 Å². The molecule has 1 aliphatic heterocycles. The summed E-state index contributed by atoms with van der Waals surface area (Å²) in [7, 11) is 0. The molecule has 1 aromatic heterocycles. The van der Waals surface area contributed by atoms with Crippen LogP contribution in [0.25, 0.3) is 11.3 Å². The molecule has 2 heterocycles. The van der Waals surface area contributed by atoms with Crippen molar-refractivity contribution in [1.82, 2.24) is 9.88 Å². The van der Waals surface area contributed by atoms with Gasteiger partial charge in [0.15, 0.2) is 17.5 Å². The van der Waals surface area contributed by atoms with Crippen molar-refractivity contribution in [3.8, 4) is 17.0 Å². The van der Waals surface area contributed by atoms with Crippen molar-refractivity contribution in [3.05, 3.63) is 47.9 Å². The molecule has 2 amide bonds. The molecule has 1 saturated heterocycles. The van der Waals surface area contributed by atoms with E-state index in [2.05, 4.69) is 4.98 Å². The minimum atomic E-state index is -1.53. The predicted octanol–water partition coefficient (Wildman–Crippen LogP) is 2.69. The molecule has 3 rings (SSSR count). The first-order valence-corrected chi connectivity index (χ1v) is 7.52. The standard InChI is InChI=1S/C17H13F3N2O3/c18-12-7-10(8-13(19)17(12)20)14-2-1-11(9-21-14)25-6-5-22-15(23)3-4-16(22)24/h1-2,7-9H,3-6H2. The van der Waals surface area contributed by atoms with Gasteiger partial charge in [-0.1, -0.05) is 0 Å². The van der Waals surface area contributed by atoms with Crippen LogP contribution in [0.1, 0.15) is 12.8 Å². The summed E-state index contributed by atoms with van der Waals surface area (Å²) >= 11 is 0. The van der Waals surface area contributed by atoms with E-state index in [1.807, 2.05) is 0 Å². The molecule has 0 spiro atoms. The highest BCUT2D eigenvalue weighted by molar-refractivity contribution is 6.01. The summed E-state index contributed by atoms with van der Waals surface area (Å²) < 4.78 is 44.9. The SMILES string of the molecule is O=C1CCC(=O)N1CCOc1ccc(-c2cc(F)c(F)c(F)c2)nc1. The molecule has 2 aromatic rings. The zero-order chi connectivity index (χ0) is 18.0. The number of nitrogens with zero attached hydrogens (tertiary/aromatic N) is 2. The van der Waals surface area contributed by atoms with Crippen LogP contribution in [0.3, 0.4) is 0 Å². The topological polar surface area (TPSA) is 59.5 Å². The second-order valence-electron chi connectivity index (χ2n) is 5.42. The van der Waals surface area contributed by atoms with Crippen molar-refractivity contribution in [2.45, 2.75) is 12.8 Å². The van der Waals surface area contributed by atoms with Crippen molar-refractivity contribution in [1.29, 1.82) is 0 Å². The number of aromatic nitrogens is 1. The molecule has 1 fully saturated rings. The fourth-order valence-electron chi connectivity index (χ4n) is 2.47. The molecule has 0 radical (unpaired) electrons. The number of hydrogen-bond donors (Lipinski definition) is 0. The molecule has 5 nitrogen and oxygen atoms in total. The molecule has 1 aromatic carbocycles. The van der Waals surface area contributed by atoms with Gasteiger partial charge in [0, 0.05) is 18.4 Å². The van der Waals surface area contributed by atoms with Crippen molar-refractivity contribution in [2.24, 2.45) is 0 Å². The lowest BCUT2D eigenvalue weighted by atomic mass is 10.1. The van der Waals surface area contributed by atoms with Gasteiger partial charge in [0.2, 0.25) is 11.8 Å². The maximum atomic E-state index is 13.3. The molecule has 8 heteroatoms. The third kappa shape index (κ3) is 3.62. The van der Waals surface area contributed by atoms with E-state index in [9.17, 15) is 22.8 Å². The van der Waals surface area contributed by atoms with Crippen LogP contribution in [0, 0.1) is 17.5 Å². The summed E-state index contributed by atoms with van der Waals surface area (Å²) in [4.78, 5) is 28.1. The number of halogens is 3. The number of amides is 2. The largest absolute Gasteiger partial charge is 0.490 e. The molecule has 0 N–H and O–H groups in total. The van der Waals surface area contributed by atoms with E-state index in [1.165, 1.54) is 18.3 Å². The van der Waals surface area contributed by atoms with Gasteiger partial charge in [-0.25, -0.2) is 13.2 Å². The molecule has 0 saturated carbocycles. The zero-order valence-electron chi connectivity index (χ0n) is 13.0. The van der Waals surface area contributed by atoms with E-state index in [0.29, 0.717) is 5.75 Å². The first-order chi connectivity index (χ1) is 12.0. The molecular weight excluding hydrogens is 337 g/mol.